The van der Waals surface area contributed by atoms with Crippen LogP contribution < -0.4 is 0 Å². The molecule has 0 N–H and O–H groups in total. The average Bonchev–Trinajstić information content (AvgIpc) is 4.02. The largest absolute Gasteiger partial charge is 0.307 e. The van der Waals surface area contributed by atoms with E-state index in [1.807, 2.05) is 24.3 Å². The smallest absolute Gasteiger partial charge is 0.0998 e. The molecular formula is C74H62N4. The molecule has 0 saturated heterocycles. The number of benzene rings is 10. The Morgan fingerprint density at radius 3 is 0.897 bits per heavy atom. The van der Waals surface area contributed by atoms with Crippen LogP contribution in [0.1, 0.15) is 77.9 Å². The van der Waals surface area contributed by atoms with Crippen LogP contribution in [0.5, 0.6) is 0 Å². The highest BCUT2D eigenvalue weighted by molar-refractivity contribution is 6.14. The molecule has 12 rings (SSSR count). The van der Waals surface area contributed by atoms with Gasteiger partial charge in [0.25, 0.3) is 0 Å². The van der Waals surface area contributed by atoms with Gasteiger partial charge in [-0.3, -0.25) is 0 Å². The molecule has 78 heavy (non-hydrogen) atoms. The maximum Gasteiger partial charge on any atom is 0.0998 e. The van der Waals surface area contributed by atoms with E-state index in [9.17, 15) is 10.5 Å². The van der Waals surface area contributed by atoms with Crippen molar-refractivity contribution >= 4 is 43.6 Å². The molecule has 0 unspecified atom stereocenters. The Bertz CT molecular complexity index is 4330. The topological polar surface area (TPSA) is 57.4 Å². The van der Waals surface area contributed by atoms with Gasteiger partial charge in [0.2, 0.25) is 0 Å². The van der Waals surface area contributed by atoms with Crippen molar-refractivity contribution in [2.24, 2.45) is 0 Å². The number of hydrogen-bond donors (Lipinski definition) is 0. The number of nitrogens with zero attached hydrogens (tertiary/aromatic N) is 4. The minimum absolute atomic E-state index is 0.518. The molecule has 12 aromatic rings. The van der Waals surface area contributed by atoms with E-state index in [4.69, 9.17) is 0 Å². The Morgan fingerprint density at radius 1 is 0.295 bits per heavy atom. The highest BCUT2D eigenvalue weighted by Crippen LogP contribution is 2.46. The summed E-state index contributed by atoms with van der Waals surface area (Å²) in [7, 11) is 0. The SMILES string of the molecule is Cc1cc(C)c(-c2ccc3c(c2)c2cc(-c4c(C)cc(C)cc4C)ccc2n3-c2cc(C#N)c(-c3cccc(C#N)c3)cc2-n2c3ccc(-c4c(C)cc(C)cc4C)cc3c3cc(-c4c(C)cc(C)cc4C)ccc32)c(C)c1. The molecule has 0 fully saturated rings. The number of nitriles is 2. The van der Waals surface area contributed by atoms with Crippen LogP contribution in [0, 0.1) is 106 Å². The predicted molar refractivity (Wildman–Crippen MR) is 329 cm³/mol. The molecule has 0 spiro atoms. The summed E-state index contributed by atoms with van der Waals surface area (Å²) < 4.78 is 4.82. The van der Waals surface area contributed by atoms with Gasteiger partial charge in [-0.2, -0.15) is 10.5 Å². The second-order valence-corrected chi connectivity index (χ2v) is 22.4. The summed E-state index contributed by atoms with van der Waals surface area (Å²) >= 11 is 0. The maximum atomic E-state index is 11.4. The van der Waals surface area contributed by atoms with E-state index in [1.165, 1.54) is 111 Å². The van der Waals surface area contributed by atoms with Crippen molar-refractivity contribution in [1.82, 2.24) is 9.13 Å². The van der Waals surface area contributed by atoms with Crippen LogP contribution in [0.15, 0.2) is 158 Å². The summed E-state index contributed by atoms with van der Waals surface area (Å²) in [6, 6.07) is 63.0. The normalized spacial score (nSPS) is 11.6. The summed E-state index contributed by atoms with van der Waals surface area (Å²) in [6.45, 7) is 26.4. The van der Waals surface area contributed by atoms with Gasteiger partial charge in [-0.05, 0) is 250 Å². The lowest BCUT2D eigenvalue weighted by molar-refractivity contribution is 1.09. The molecule has 0 aliphatic carbocycles. The highest BCUT2D eigenvalue weighted by atomic mass is 15.1. The van der Waals surface area contributed by atoms with E-state index in [0.29, 0.717) is 11.1 Å². The average molecular weight is 1010 g/mol. The highest BCUT2D eigenvalue weighted by Gasteiger charge is 2.25. The van der Waals surface area contributed by atoms with Gasteiger partial charge in [0.1, 0.15) is 0 Å². The molecule has 4 heteroatoms. The van der Waals surface area contributed by atoms with Crippen molar-refractivity contribution in [1.29, 1.82) is 10.5 Å². The van der Waals surface area contributed by atoms with Crippen LogP contribution in [0.25, 0.3) is 111 Å². The summed E-state index contributed by atoms with van der Waals surface area (Å²) in [5.41, 5.74) is 33.3. The van der Waals surface area contributed by atoms with Crippen molar-refractivity contribution in [2.75, 3.05) is 0 Å². The first kappa shape index (κ1) is 49.6. The molecule has 10 aromatic carbocycles. The van der Waals surface area contributed by atoms with Crippen LogP contribution in [-0.2, 0) is 0 Å². The second kappa shape index (κ2) is 18.8. The third-order valence-electron chi connectivity index (χ3n) is 16.4. The molecule has 0 aliphatic heterocycles. The maximum absolute atomic E-state index is 11.4. The van der Waals surface area contributed by atoms with Crippen molar-refractivity contribution in [3.8, 4) is 79.1 Å². The zero-order chi connectivity index (χ0) is 54.6. The molecule has 378 valence electrons. The first-order chi connectivity index (χ1) is 37.5. The van der Waals surface area contributed by atoms with Crippen LogP contribution in [0.4, 0.5) is 0 Å². The molecule has 0 aliphatic rings. The Kier molecular flexibility index (Phi) is 12.0. The van der Waals surface area contributed by atoms with E-state index >= 15 is 0 Å². The molecule has 0 bridgehead atoms. The second-order valence-electron chi connectivity index (χ2n) is 22.4. The quantitative estimate of drug-likeness (QED) is 0.160. The Morgan fingerprint density at radius 2 is 0.603 bits per heavy atom. The van der Waals surface area contributed by atoms with Gasteiger partial charge in [-0.25, -0.2) is 0 Å². The molecular weight excluding hydrogens is 945 g/mol. The van der Waals surface area contributed by atoms with Crippen molar-refractivity contribution in [3.05, 3.63) is 236 Å². The van der Waals surface area contributed by atoms with E-state index in [0.717, 1.165) is 66.1 Å². The lowest BCUT2D eigenvalue weighted by Gasteiger charge is -2.20. The first-order valence-electron chi connectivity index (χ1n) is 27.1. The molecule has 2 heterocycles. The number of aromatic nitrogens is 2. The van der Waals surface area contributed by atoms with Crippen molar-refractivity contribution < 1.29 is 0 Å². The summed E-state index contributed by atoms with van der Waals surface area (Å²) in [5, 5.41) is 26.1. The number of rotatable bonds is 7. The lowest BCUT2D eigenvalue weighted by atomic mass is 9.91. The molecule has 0 amide bonds. The first-order valence-corrected chi connectivity index (χ1v) is 27.1. The number of hydrogen-bond acceptors (Lipinski definition) is 2. The third-order valence-corrected chi connectivity index (χ3v) is 16.4. The molecule has 4 nitrogen and oxygen atoms in total. The predicted octanol–water partition coefficient (Wildman–Crippen LogP) is 19.7. The van der Waals surface area contributed by atoms with Crippen LogP contribution in [0.3, 0.4) is 0 Å². The van der Waals surface area contributed by atoms with Crippen molar-refractivity contribution in [2.45, 2.75) is 83.1 Å². The van der Waals surface area contributed by atoms with Gasteiger partial charge in [0.05, 0.1) is 56.7 Å². The van der Waals surface area contributed by atoms with Gasteiger partial charge < -0.3 is 9.13 Å². The Balaban J connectivity index is 1.23. The Labute approximate surface area is 458 Å². The lowest BCUT2D eigenvalue weighted by Crippen LogP contribution is -2.05. The molecule has 2 aromatic heterocycles. The summed E-state index contributed by atoms with van der Waals surface area (Å²) in [5.74, 6) is 0. The number of aryl methyl sites for hydroxylation is 12. The standard InChI is InChI=1S/C74H62N4/c1-41-24-45(5)71(46(6)25-41)55-16-20-65-61(33-55)62-34-56(72-47(7)26-42(2)27-48(72)8)17-21-66(62)77(65)69-37-59(40-76)60(54-15-13-14-53(32-54)39-75)38-70(69)78-67-22-18-57(73-49(9)28-43(3)29-50(73)10)35-63(67)64-36-58(19-23-68(64)78)74-51(11)30-44(4)31-52(74)12/h13-38H,1-12H3. The van der Waals surface area contributed by atoms with Gasteiger partial charge in [0.15, 0.2) is 0 Å². The van der Waals surface area contributed by atoms with Gasteiger partial charge in [0, 0.05) is 27.1 Å². The van der Waals surface area contributed by atoms with Crippen molar-refractivity contribution in [3.63, 3.8) is 0 Å². The zero-order valence-corrected chi connectivity index (χ0v) is 46.8. The monoisotopic (exact) mass is 1010 g/mol. The molecule has 0 saturated carbocycles. The van der Waals surface area contributed by atoms with Crippen LogP contribution >= 0.6 is 0 Å². The summed E-state index contributed by atoms with van der Waals surface area (Å²) in [6.07, 6.45) is 0. The molecule has 0 atom stereocenters. The van der Waals surface area contributed by atoms with Gasteiger partial charge in [-0.15, -0.1) is 0 Å². The fourth-order valence-corrected chi connectivity index (χ4v) is 13.8. The van der Waals surface area contributed by atoms with E-state index < -0.39 is 0 Å². The van der Waals surface area contributed by atoms with Gasteiger partial charge in [-0.1, -0.05) is 107 Å². The zero-order valence-electron chi connectivity index (χ0n) is 46.8. The van der Waals surface area contributed by atoms with E-state index in [-0.39, 0.29) is 0 Å². The van der Waals surface area contributed by atoms with Gasteiger partial charge >= 0.3 is 0 Å². The Hall–Kier alpha value is -9.22. The minimum atomic E-state index is 0.518. The molecule has 0 radical (unpaired) electrons. The van der Waals surface area contributed by atoms with E-state index in [1.54, 1.807) is 0 Å². The van der Waals surface area contributed by atoms with Crippen LogP contribution in [-0.4, -0.2) is 9.13 Å². The third kappa shape index (κ3) is 8.11. The van der Waals surface area contributed by atoms with E-state index in [2.05, 4.69) is 238 Å². The number of fused-ring (bicyclic) bond motifs is 6. The van der Waals surface area contributed by atoms with Crippen LogP contribution in [0.2, 0.25) is 0 Å². The minimum Gasteiger partial charge on any atom is -0.307 e. The fraction of sp³-hybridized carbons (Fsp3) is 0.162. The summed E-state index contributed by atoms with van der Waals surface area (Å²) in [4.78, 5) is 0. The fourth-order valence-electron chi connectivity index (χ4n) is 13.8.